The van der Waals surface area contributed by atoms with Gasteiger partial charge in [-0.05, 0) is 72.7 Å². The number of hydrogen-bond donors (Lipinski definition) is 3. The van der Waals surface area contributed by atoms with Gasteiger partial charge in [-0.3, -0.25) is 4.90 Å². The first-order valence-corrected chi connectivity index (χ1v) is 15.8. The number of nitrogens with two attached hydrogens (primary N) is 1. The standard InChI is InChI=1S/C37H40N5P/c1-25(39-23-28-12-10-27(22-38)11-13-28)31-21-37(34-24-40-35-17-15-30(43)20-33(34)35)41-36-16-14-26(19-32(31)36)7-6-18-42(2)29-8-4-3-5-9-29/h10-17,19-21,24,29,39-40H,1,3-5,8-9,18,22-23,38,43H2,2H3. The van der Waals surface area contributed by atoms with Crippen LogP contribution >= 0.6 is 9.24 Å². The van der Waals surface area contributed by atoms with Crippen molar-refractivity contribution in [1.29, 1.82) is 0 Å². The third-order valence-corrected chi connectivity index (χ3v) is 9.00. The summed E-state index contributed by atoms with van der Waals surface area (Å²) in [4.78, 5) is 11.0. The first-order valence-electron chi connectivity index (χ1n) is 15.2. The summed E-state index contributed by atoms with van der Waals surface area (Å²) in [7, 11) is 5.00. The molecule has 4 N–H and O–H groups in total. The molecule has 1 saturated carbocycles. The fourth-order valence-corrected chi connectivity index (χ4v) is 6.32. The van der Waals surface area contributed by atoms with Gasteiger partial charge >= 0.3 is 0 Å². The molecule has 1 fully saturated rings. The normalized spacial score (nSPS) is 13.8. The Hall–Kier alpha value is -3.94. The van der Waals surface area contributed by atoms with Crippen molar-refractivity contribution in [2.24, 2.45) is 5.73 Å². The molecule has 2 aromatic heterocycles. The SMILES string of the molecule is C=C(NCc1ccc(CN)cc1)c1cc(-c2c[nH]c3ccc(P)cc23)nc2ccc(C#CCN(C)C3CCCCC3)cc12. The lowest BCUT2D eigenvalue weighted by molar-refractivity contribution is 0.212. The third kappa shape index (κ3) is 6.68. The summed E-state index contributed by atoms with van der Waals surface area (Å²) in [5, 5.41) is 6.89. The summed E-state index contributed by atoms with van der Waals surface area (Å²) in [5.41, 5.74) is 14.9. The van der Waals surface area contributed by atoms with E-state index < -0.39 is 0 Å². The van der Waals surface area contributed by atoms with Gasteiger partial charge < -0.3 is 16.0 Å². The molecule has 43 heavy (non-hydrogen) atoms. The van der Waals surface area contributed by atoms with Gasteiger partial charge in [-0.15, -0.1) is 9.24 Å². The average Bonchev–Trinajstić information content (AvgIpc) is 3.46. The van der Waals surface area contributed by atoms with Crippen LogP contribution in [0, 0.1) is 11.8 Å². The fraction of sp³-hybridized carbons (Fsp3) is 0.270. The number of benzene rings is 3. The molecule has 1 aliphatic carbocycles. The lowest BCUT2D eigenvalue weighted by Crippen LogP contribution is -2.33. The minimum absolute atomic E-state index is 0.542. The number of rotatable bonds is 8. The number of fused-ring (bicyclic) bond motifs is 2. The molecular formula is C37H40N5P. The van der Waals surface area contributed by atoms with Crippen LogP contribution in [-0.4, -0.2) is 34.5 Å². The van der Waals surface area contributed by atoms with Gasteiger partial charge in [0.25, 0.3) is 0 Å². The second-order valence-corrected chi connectivity index (χ2v) is 12.3. The van der Waals surface area contributed by atoms with E-state index >= 15 is 0 Å². The maximum atomic E-state index is 5.79. The molecule has 1 unspecified atom stereocenters. The quantitative estimate of drug-likeness (QED) is 0.140. The zero-order valence-corrected chi connectivity index (χ0v) is 26.1. The molecule has 5 nitrogen and oxygen atoms in total. The van der Waals surface area contributed by atoms with Crippen LogP contribution in [0.1, 0.15) is 54.4 Å². The number of pyridine rings is 1. The van der Waals surface area contributed by atoms with E-state index in [0.29, 0.717) is 19.1 Å². The summed E-state index contributed by atoms with van der Waals surface area (Å²) in [6.07, 6.45) is 8.65. The molecule has 1 atom stereocenters. The number of H-pyrrole nitrogens is 1. The highest BCUT2D eigenvalue weighted by molar-refractivity contribution is 7.27. The topological polar surface area (TPSA) is 70.0 Å². The van der Waals surface area contributed by atoms with E-state index in [-0.39, 0.29) is 0 Å². The van der Waals surface area contributed by atoms with Crippen molar-refractivity contribution in [2.75, 3.05) is 13.6 Å². The van der Waals surface area contributed by atoms with Crippen LogP contribution in [0.5, 0.6) is 0 Å². The van der Waals surface area contributed by atoms with Gasteiger partial charge in [-0.1, -0.05) is 68.0 Å². The summed E-state index contributed by atoms with van der Waals surface area (Å²) >= 11 is 0. The van der Waals surface area contributed by atoms with E-state index in [1.165, 1.54) is 37.7 Å². The Morgan fingerprint density at radius 1 is 1.02 bits per heavy atom. The van der Waals surface area contributed by atoms with Crippen molar-refractivity contribution < 1.29 is 0 Å². The van der Waals surface area contributed by atoms with Gasteiger partial charge in [0.05, 0.1) is 17.8 Å². The van der Waals surface area contributed by atoms with Crippen LogP contribution in [-0.2, 0) is 13.1 Å². The Bertz CT molecular complexity index is 1820. The predicted molar refractivity (Wildman–Crippen MR) is 185 cm³/mol. The molecule has 6 rings (SSSR count). The highest BCUT2D eigenvalue weighted by Crippen LogP contribution is 2.32. The Morgan fingerprint density at radius 2 is 1.81 bits per heavy atom. The zero-order chi connectivity index (χ0) is 29.8. The van der Waals surface area contributed by atoms with Crippen LogP contribution in [0.3, 0.4) is 0 Å². The third-order valence-electron chi connectivity index (χ3n) is 8.64. The minimum Gasteiger partial charge on any atom is -0.381 e. The lowest BCUT2D eigenvalue weighted by atomic mass is 9.94. The molecule has 1 aliphatic rings. The molecule has 6 heteroatoms. The van der Waals surface area contributed by atoms with Crippen LogP contribution in [0.15, 0.2) is 79.5 Å². The highest BCUT2D eigenvalue weighted by Gasteiger charge is 2.17. The van der Waals surface area contributed by atoms with Gasteiger partial charge in [0.2, 0.25) is 0 Å². The molecule has 2 heterocycles. The number of nitrogens with zero attached hydrogens (tertiary/aromatic N) is 2. The Morgan fingerprint density at radius 3 is 2.60 bits per heavy atom. The summed E-state index contributed by atoms with van der Waals surface area (Å²) in [6.45, 7) is 6.46. The number of hydrogen-bond acceptors (Lipinski definition) is 4. The largest absolute Gasteiger partial charge is 0.381 e. The highest BCUT2D eigenvalue weighted by atomic mass is 31.0. The molecule has 3 aromatic carbocycles. The molecule has 0 amide bonds. The molecular weight excluding hydrogens is 545 g/mol. The van der Waals surface area contributed by atoms with Crippen molar-refractivity contribution in [2.45, 2.75) is 51.2 Å². The van der Waals surface area contributed by atoms with Crippen LogP contribution in [0.2, 0.25) is 0 Å². The summed E-state index contributed by atoms with van der Waals surface area (Å²) < 4.78 is 0. The minimum atomic E-state index is 0.542. The van der Waals surface area contributed by atoms with E-state index in [1.807, 2.05) is 6.20 Å². The number of aromatic amines is 1. The van der Waals surface area contributed by atoms with Crippen molar-refractivity contribution >= 4 is 42.0 Å². The van der Waals surface area contributed by atoms with Crippen LogP contribution < -0.4 is 16.4 Å². The average molecular weight is 586 g/mol. The van der Waals surface area contributed by atoms with E-state index in [2.05, 4.69) is 117 Å². The Balaban J connectivity index is 1.33. The molecule has 0 aliphatic heterocycles. The summed E-state index contributed by atoms with van der Waals surface area (Å²) in [6, 6.07) is 23.9. The smallest absolute Gasteiger partial charge is 0.0737 e. The van der Waals surface area contributed by atoms with E-state index in [4.69, 9.17) is 10.7 Å². The Labute approximate surface area is 257 Å². The molecule has 218 valence electrons. The number of aromatic nitrogens is 2. The monoisotopic (exact) mass is 585 g/mol. The van der Waals surface area contributed by atoms with Crippen LogP contribution in [0.4, 0.5) is 0 Å². The van der Waals surface area contributed by atoms with Gasteiger partial charge in [-0.25, -0.2) is 4.98 Å². The maximum Gasteiger partial charge on any atom is 0.0737 e. The van der Waals surface area contributed by atoms with E-state index in [1.54, 1.807) is 0 Å². The number of nitrogens with one attached hydrogen (secondary N) is 2. The second kappa shape index (κ2) is 13.1. The zero-order valence-electron chi connectivity index (χ0n) is 24.9. The molecule has 5 aromatic rings. The predicted octanol–water partition coefficient (Wildman–Crippen LogP) is 6.72. The fourth-order valence-electron chi connectivity index (χ4n) is 6.06. The maximum absolute atomic E-state index is 5.79. The first-order chi connectivity index (χ1) is 21.0. The second-order valence-electron chi connectivity index (χ2n) is 11.7. The van der Waals surface area contributed by atoms with Gasteiger partial charge in [0.1, 0.15) is 0 Å². The first kappa shape index (κ1) is 29.1. The van der Waals surface area contributed by atoms with Crippen molar-refractivity contribution in [3.05, 3.63) is 102 Å². The Kier molecular flexibility index (Phi) is 8.91. The molecule has 0 saturated heterocycles. The van der Waals surface area contributed by atoms with Crippen LogP contribution in [0.25, 0.3) is 38.8 Å². The lowest BCUT2D eigenvalue weighted by Gasteiger charge is -2.29. The van der Waals surface area contributed by atoms with Gasteiger partial charge in [-0.2, -0.15) is 0 Å². The van der Waals surface area contributed by atoms with Crippen molar-refractivity contribution in [3.63, 3.8) is 0 Å². The van der Waals surface area contributed by atoms with Gasteiger partial charge in [0.15, 0.2) is 0 Å². The van der Waals surface area contributed by atoms with Gasteiger partial charge in [0, 0.05) is 64.0 Å². The van der Waals surface area contributed by atoms with E-state index in [0.717, 1.165) is 67.3 Å². The molecule has 0 bridgehead atoms. The molecule has 0 spiro atoms. The van der Waals surface area contributed by atoms with Crippen molar-refractivity contribution in [1.82, 2.24) is 20.2 Å². The molecule has 0 radical (unpaired) electrons. The van der Waals surface area contributed by atoms with E-state index in [9.17, 15) is 0 Å². The van der Waals surface area contributed by atoms with Crippen molar-refractivity contribution in [3.8, 4) is 23.1 Å². The summed E-state index contributed by atoms with van der Waals surface area (Å²) in [5.74, 6) is 6.86.